The number of carbonyl (C=O) groups is 2. The summed E-state index contributed by atoms with van der Waals surface area (Å²) in [6, 6.07) is 6.30. The van der Waals surface area contributed by atoms with Gasteiger partial charge >= 0.3 is 25.0 Å². The number of carbonyl (C=O) groups excluding carboxylic acids is 2. The zero-order valence-electron chi connectivity index (χ0n) is 17.1. The maximum absolute atomic E-state index is 12.6. The molecule has 10 heteroatoms. The first-order chi connectivity index (χ1) is 13.4. The number of hydrogen-bond donors (Lipinski definition) is 2. The summed E-state index contributed by atoms with van der Waals surface area (Å²) in [5, 5.41) is 37.2. The number of amides is 1. The second-order valence-electron chi connectivity index (χ2n) is 7.89. The van der Waals surface area contributed by atoms with Gasteiger partial charge in [0.15, 0.2) is 11.8 Å². The van der Waals surface area contributed by atoms with Crippen molar-refractivity contribution < 1.29 is 48.1 Å². The molecule has 2 N–H and O–H groups in total. The fourth-order valence-corrected chi connectivity index (χ4v) is 3.49. The topological polar surface area (TPSA) is 126 Å². The molecule has 1 atom stereocenters. The van der Waals surface area contributed by atoms with Crippen molar-refractivity contribution in [3.63, 3.8) is 0 Å². The fraction of sp³-hybridized carbons (Fsp3) is 0.350. The van der Waals surface area contributed by atoms with Crippen molar-refractivity contribution in [3.8, 4) is 11.1 Å². The van der Waals surface area contributed by atoms with Gasteiger partial charge in [-0.15, -0.1) is 0 Å². The minimum Gasteiger partial charge on any atom is -0.618 e. The van der Waals surface area contributed by atoms with Gasteiger partial charge in [0, 0.05) is 21.7 Å². The average Bonchev–Trinajstić information content (AvgIpc) is 2.94. The number of nitrogens with one attached hydrogen (secondary N) is 1. The number of halogens is 1. The van der Waals surface area contributed by atoms with Crippen molar-refractivity contribution in [1.82, 2.24) is 0 Å². The third-order valence-corrected chi connectivity index (χ3v) is 4.76. The van der Waals surface area contributed by atoms with Crippen LogP contribution in [-0.4, -0.2) is 22.8 Å². The second kappa shape index (κ2) is 8.48. The molecule has 0 spiro atoms. The Morgan fingerprint density at radius 2 is 1.97 bits per heavy atom. The van der Waals surface area contributed by atoms with Gasteiger partial charge in [0.1, 0.15) is 5.60 Å². The molecule has 0 fully saturated rings. The maximum atomic E-state index is 12.6. The molecule has 0 saturated carbocycles. The predicted molar refractivity (Wildman–Crippen MR) is 103 cm³/mol. The number of aromatic nitrogens is 1. The average molecular weight is 427 g/mol. The number of anilines is 1. The van der Waals surface area contributed by atoms with Crippen molar-refractivity contribution in [2.24, 2.45) is 0 Å². The van der Waals surface area contributed by atoms with E-state index in [-0.39, 0.29) is 37.4 Å². The first-order valence-electron chi connectivity index (χ1n) is 8.91. The number of carboxylic acids is 1. The molecule has 154 valence electrons. The van der Waals surface area contributed by atoms with Gasteiger partial charge in [-0.1, -0.05) is 11.6 Å². The summed E-state index contributed by atoms with van der Waals surface area (Å²) in [5.74, 6) is -1.72. The number of aliphatic hydroxyl groups is 1. The van der Waals surface area contributed by atoms with Crippen molar-refractivity contribution in [2.45, 2.75) is 44.8 Å². The Labute approximate surface area is 190 Å². The van der Waals surface area contributed by atoms with Gasteiger partial charge in [-0.25, -0.2) is 4.79 Å². The molecule has 1 unspecified atom stereocenters. The van der Waals surface area contributed by atoms with E-state index >= 15 is 0 Å². The van der Waals surface area contributed by atoms with Crippen LogP contribution in [0.15, 0.2) is 30.5 Å². The van der Waals surface area contributed by atoms with Crippen molar-refractivity contribution in [3.05, 3.63) is 51.9 Å². The Kier molecular flexibility index (Phi) is 6.79. The molecule has 1 aromatic heterocycles. The van der Waals surface area contributed by atoms with Crippen LogP contribution in [0.25, 0.3) is 11.1 Å². The third kappa shape index (κ3) is 4.73. The van der Waals surface area contributed by atoms with Crippen LogP contribution in [0, 0.1) is 5.21 Å². The summed E-state index contributed by atoms with van der Waals surface area (Å²) < 4.78 is 5.58. The Hall–Kier alpha value is -2.24. The van der Waals surface area contributed by atoms with Gasteiger partial charge in [-0.05, 0) is 57.9 Å². The SMILES string of the molecule is CC(C)(C)OC(=O)Nc1ccc(Cl)cc1-c1cc2c([n+]([O-])c1)C(O)(C(=O)[O-])CC2.[Li+]. The normalized spacial score (nSPS) is 17.6. The molecule has 30 heavy (non-hydrogen) atoms. The number of aryl methyl sites for hydroxylation is 1. The zero-order valence-corrected chi connectivity index (χ0v) is 17.9. The quantitative estimate of drug-likeness (QED) is 0.363. The van der Waals surface area contributed by atoms with Crippen LogP contribution in [-0.2, 0) is 21.6 Å². The smallest absolute Gasteiger partial charge is 0.618 e. The van der Waals surface area contributed by atoms with E-state index in [4.69, 9.17) is 16.3 Å². The van der Waals surface area contributed by atoms with E-state index in [1.54, 1.807) is 45.0 Å². The molecule has 1 aliphatic carbocycles. The van der Waals surface area contributed by atoms with Gasteiger partial charge < -0.3 is 25.0 Å². The summed E-state index contributed by atoms with van der Waals surface area (Å²) in [6.45, 7) is 5.19. The van der Waals surface area contributed by atoms with Crippen molar-refractivity contribution >= 4 is 29.4 Å². The van der Waals surface area contributed by atoms with E-state index in [1.165, 1.54) is 0 Å². The third-order valence-electron chi connectivity index (χ3n) is 4.52. The van der Waals surface area contributed by atoms with Crippen molar-refractivity contribution in [1.29, 1.82) is 0 Å². The zero-order chi connectivity index (χ0) is 21.6. The van der Waals surface area contributed by atoms with E-state index in [2.05, 4.69) is 5.32 Å². The molecule has 1 aliphatic rings. The van der Waals surface area contributed by atoms with Gasteiger partial charge in [-0.2, -0.15) is 4.73 Å². The first kappa shape index (κ1) is 24.0. The van der Waals surface area contributed by atoms with Crippen LogP contribution >= 0.6 is 11.6 Å². The molecule has 0 aliphatic heterocycles. The van der Waals surface area contributed by atoms with Crippen molar-refractivity contribution in [2.75, 3.05) is 5.32 Å². The molecule has 0 radical (unpaired) electrons. The molecular formula is C20H20ClLiN2O6. The van der Waals surface area contributed by atoms with E-state index in [9.17, 15) is 25.0 Å². The molecule has 1 heterocycles. The summed E-state index contributed by atoms with van der Waals surface area (Å²) in [6.07, 6.45) is 0.480. The Bertz CT molecular complexity index is 1010. The summed E-state index contributed by atoms with van der Waals surface area (Å²) in [7, 11) is 0. The van der Waals surface area contributed by atoms with Crippen LogP contribution in [0.3, 0.4) is 0 Å². The number of rotatable bonds is 3. The van der Waals surface area contributed by atoms with Crippen LogP contribution in [0.5, 0.6) is 0 Å². The minimum absolute atomic E-state index is 0. The van der Waals surface area contributed by atoms with Gasteiger partial charge in [-0.3, -0.25) is 5.32 Å². The molecule has 8 nitrogen and oxygen atoms in total. The van der Waals surface area contributed by atoms with E-state index in [0.717, 1.165) is 6.20 Å². The number of nitrogens with zero attached hydrogens (tertiary/aromatic N) is 1. The largest absolute Gasteiger partial charge is 1.00 e. The minimum atomic E-state index is -2.33. The number of hydrogen-bond acceptors (Lipinski definition) is 6. The number of benzene rings is 1. The second-order valence-corrected chi connectivity index (χ2v) is 8.33. The Morgan fingerprint density at radius 3 is 2.57 bits per heavy atom. The van der Waals surface area contributed by atoms with E-state index < -0.39 is 23.3 Å². The number of aliphatic carboxylic acids is 1. The maximum Gasteiger partial charge on any atom is 1.00 e. The molecule has 3 rings (SSSR count). The summed E-state index contributed by atoms with van der Waals surface area (Å²) in [5.41, 5.74) is -1.71. The molecule has 0 saturated heterocycles. The molecular weight excluding hydrogens is 407 g/mol. The first-order valence-corrected chi connectivity index (χ1v) is 9.29. The van der Waals surface area contributed by atoms with Gasteiger partial charge in [0.05, 0.1) is 11.7 Å². The van der Waals surface area contributed by atoms with Crippen LogP contribution in [0.1, 0.15) is 38.4 Å². The molecule has 2 aromatic rings. The molecule has 0 bridgehead atoms. The van der Waals surface area contributed by atoms with E-state index in [1.807, 2.05) is 0 Å². The molecule has 1 amide bonds. The number of carboxylic acid groups (broad SMARTS) is 1. The number of fused-ring (bicyclic) bond motifs is 1. The van der Waals surface area contributed by atoms with Crippen LogP contribution in [0.4, 0.5) is 10.5 Å². The van der Waals surface area contributed by atoms with E-state index in [0.29, 0.717) is 32.1 Å². The van der Waals surface area contributed by atoms with Gasteiger partial charge in [0.25, 0.3) is 0 Å². The van der Waals surface area contributed by atoms with Gasteiger partial charge in [0.2, 0.25) is 5.69 Å². The number of ether oxygens (including phenoxy) is 1. The monoisotopic (exact) mass is 426 g/mol. The van der Waals surface area contributed by atoms with Crippen LogP contribution in [0.2, 0.25) is 5.02 Å². The standard InChI is InChI=1S/C20H21ClN2O6.Li/c1-19(2,3)29-18(26)22-15-5-4-13(21)9-14(15)12-8-11-6-7-20(27,17(24)25)16(11)23(28)10-12;/h4-5,8-10,27H,6-7H2,1-3H3,(H,22,26)(H,24,25);/q;+1/p-1. The summed E-state index contributed by atoms with van der Waals surface area (Å²) >= 11 is 6.10. The summed E-state index contributed by atoms with van der Waals surface area (Å²) in [4.78, 5) is 23.5. The molecule has 1 aromatic carbocycles. The fourth-order valence-electron chi connectivity index (χ4n) is 3.32. The Morgan fingerprint density at radius 1 is 1.30 bits per heavy atom. The number of pyridine rings is 1. The van der Waals surface area contributed by atoms with Crippen LogP contribution < -0.4 is 34.0 Å². The Balaban J connectivity index is 0.00000320. The predicted octanol–water partition coefficient (Wildman–Crippen LogP) is -1.12.